The first kappa shape index (κ1) is 14.5. The Hall–Kier alpha value is -1.39. The number of nitrogens with zero attached hydrogens (tertiary/aromatic N) is 1. The van der Waals surface area contributed by atoms with Crippen LogP contribution in [0.5, 0.6) is 0 Å². The molecule has 114 valence electrons. The number of piperidine rings is 1. The number of nitrogen functional groups attached to an aromatic ring is 1. The second-order valence-corrected chi connectivity index (χ2v) is 6.60. The number of hydrogen-bond acceptors (Lipinski definition) is 3. The zero-order chi connectivity index (χ0) is 14.9. The van der Waals surface area contributed by atoms with Gasteiger partial charge in [-0.05, 0) is 24.8 Å². The molecule has 4 nitrogen and oxygen atoms in total. The molecule has 2 aliphatic rings. The van der Waals surface area contributed by atoms with E-state index in [1.165, 1.54) is 12.8 Å². The fraction of sp³-hybridized carbons (Fsp3) is 0.588. The number of nitrogens with one attached hydrogen (secondary N) is 1. The highest BCUT2D eigenvalue weighted by Gasteiger charge is 2.42. The van der Waals surface area contributed by atoms with Gasteiger partial charge in [0.1, 0.15) is 5.84 Å². The van der Waals surface area contributed by atoms with Crippen LogP contribution in [0.1, 0.15) is 43.2 Å². The smallest absolute Gasteiger partial charge is 0.123 e. The van der Waals surface area contributed by atoms with Gasteiger partial charge in [-0.3, -0.25) is 10.3 Å². The van der Waals surface area contributed by atoms with Gasteiger partial charge in [0.15, 0.2) is 0 Å². The molecule has 1 aromatic rings. The second kappa shape index (κ2) is 5.78. The summed E-state index contributed by atoms with van der Waals surface area (Å²) in [6.45, 7) is 2.71. The minimum atomic E-state index is -0.422. The molecule has 1 saturated carbocycles. The van der Waals surface area contributed by atoms with E-state index in [4.69, 9.17) is 11.1 Å². The Bertz CT molecular complexity index is 531. The zero-order valence-electron chi connectivity index (χ0n) is 12.5. The maximum absolute atomic E-state index is 10.7. The lowest BCUT2D eigenvalue weighted by Crippen LogP contribution is -2.53. The van der Waals surface area contributed by atoms with Crippen molar-refractivity contribution in [2.75, 3.05) is 13.1 Å². The molecule has 1 heterocycles. The van der Waals surface area contributed by atoms with Crippen LogP contribution in [0.15, 0.2) is 24.3 Å². The Balaban J connectivity index is 1.71. The summed E-state index contributed by atoms with van der Waals surface area (Å²) in [5.74, 6) is 0.543. The number of nitrogens with two attached hydrogens (primary N) is 1. The van der Waals surface area contributed by atoms with Crippen LogP contribution in [-0.4, -0.2) is 34.5 Å². The van der Waals surface area contributed by atoms with E-state index in [1.54, 1.807) is 0 Å². The average Bonchev–Trinajstić information content (AvgIpc) is 2.48. The Morgan fingerprint density at radius 3 is 2.95 bits per heavy atom. The molecule has 2 atom stereocenters. The minimum absolute atomic E-state index is 0.136. The van der Waals surface area contributed by atoms with Gasteiger partial charge in [-0.2, -0.15) is 0 Å². The number of hydrogen-bond donors (Lipinski definition) is 3. The van der Waals surface area contributed by atoms with Crippen molar-refractivity contribution in [1.82, 2.24) is 4.90 Å². The standard InChI is InChI=1S/C17H25N3O/c18-16(19)15-7-2-1-5-13(15)11-20-10-9-17(21)8-4-3-6-14(17)12-20/h1-2,5,7,14,21H,3-4,6,8-12H2,(H3,18,19). The van der Waals surface area contributed by atoms with E-state index in [9.17, 15) is 5.11 Å². The van der Waals surface area contributed by atoms with E-state index in [2.05, 4.69) is 11.0 Å². The fourth-order valence-electron chi connectivity index (χ4n) is 3.95. The van der Waals surface area contributed by atoms with Gasteiger partial charge >= 0.3 is 0 Å². The van der Waals surface area contributed by atoms with Gasteiger partial charge in [-0.1, -0.05) is 37.1 Å². The summed E-state index contributed by atoms with van der Waals surface area (Å²) in [5.41, 5.74) is 7.20. The zero-order valence-corrected chi connectivity index (χ0v) is 12.5. The van der Waals surface area contributed by atoms with Gasteiger partial charge in [0, 0.05) is 31.1 Å². The van der Waals surface area contributed by atoms with Crippen molar-refractivity contribution >= 4 is 5.84 Å². The molecule has 1 saturated heterocycles. The highest BCUT2D eigenvalue weighted by molar-refractivity contribution is 5.96. The van der Waals surface area contributed by atoms with E-state index < -0.39 is 5.60 Å². The summed E-state index contributed by atoms with van der Waals surface area (Å²) >= 11 is 0. The van der Waals surface area contributed by atoms with Crippen molar-refractivity contribution in [3.63, 3.8) is 0 Å². The van der Waals surface area contributed by atoms with Gasteiger partial charge < -0.3 is 10.8 Å². The number of rotatable bonds is 3. The molecule has 21 heavy (non-hydrogen) atoms. The Morgan fingerprint density at radius 2 is 2.14 bits per heavy atom. The fourth-order valence-corrected chi connectivity index (χ4v) is 3.95. The van der Waals surface area contributed by atoms with Gasteiger partial charge in [0.05, 0.1) is 5.60 Å². The van der Waals surface area contributed by atoms with Gasteiger partial charge in [0.2, 0.25) is 0 Å². The molecule has 0 bridgehead atoms. The molecule has 4 N–H and O–H groups in total. The Kier molecular flexibility index (Phi) is 4.00. The molecule has 0 radical (unpaired) electrons. The maximum Gasteiger partial charge on any atom is 0.123 e. The van der Waals surface area contributed by atoms with E-state index in [1.807, 2.05) is 18.2 Å². The van der Waals surface area contributed by atoms with Crippen LogP contribution in [0.2, 0.25) is 0 Å². The lowest BCUT2D eigenvalue weighted by atomic mass is 9.71. The van der Waals surface area contributed by atoms with E-state index >= 15 is 0 Å². The molecule has 3 rings (SSSR count). The third-order valence-corrected chi connectivity index (χ3v) is 5.21. The first-order chi connectivity index (χ1) is 10.1. The van der Waals surface area contributed by atoms with Crippen LogP contribution < -0.4 is 5.73 Å². The highest BCUT2D eigenvalue weighted by atomic mass is 16.3. The van der Waals surface area contributed by atoms with Crippen molar-refractivity contribution in [2.45, 2.75) is 44.2 Å². The van der Waals surface area contributed by atoms with E-state index in [-0.39, 0.29) is 5.84 Å². The average molecular weight is 287 g/mol. The van der Waals surface area contributed by atoms with Crippen LogP contribution in [-0.2, 0) is 6.54 Å². The van der Waals surface area contributed by atoms with Crippen molar-refractivity contribution < 1.29 is 5.11 Å². The monoisotopic (exact) mass is 287 g/mol. The van der Waals surface area contributed by atoms with E-state index in [0.29, 0.717) is 5.92 Å². The number of amidine groups is 1. The number of aliphatic hydroxyl groups is 1. The third-order valence-electron chi connectivity index (χ3n) is 5.21. The summed E-state index contributed by atoms with van der Waals surface area (Å²) in [5, 5.41) is 18.4. The first-order valence-electron chi connectivity index (χ1n) is 7.95. The molecule has 2 fully saturated rings. The maximum atomic E-state index is 10.7. The van der Waals surface area contributed by atoms with Crippen LogP contribution in [0, 0.1) is 11.3 Å². The number of benzene rings is 1. The largest absolute Gasteiger partial charge is 0.390 e. The van der Waals surface area contributed by atoms with Crippen molar-refractivity contribution in [2.24, 2.45) is 11.7 Å². The predicted octanol–water partition coefficient (Wildman–Crippen LogP) is 2.10. The van der Waals surface area contributed by atoms with Gasteiger partial charge in [-0.15, -0.1) is 0 Å². The van der Waals surface area contributed by atoms with E-state index in [0.717, 1.165) is 50.0 Å². The molecule has 2 unspecified atom stereocenters. The van der Waals surface area contributed by atoms with Crippen LogP contribution in [0.4, 0.5) is 0 Å². The number of likely N-dealkylation sites (tertiary alicyclic amines) is 1. The molecule has 4 heteroatoms. The highest BCUT2D eigenvalue weighted by Crippen LogP contribution is 2.40. The third kappa shape index (κ3) is 2.97. The predicted molar refractivity (Wildman–Crippen MR) is 84.3 cm³/mol. The summed E-state index contributed by atoms with van der Waals surface area (Å²) in [6, 6.07) is 7.90. The molecule has 1 aliphatic carbocycles. The topological polar surface area (TPSA) is 73.3 Å². The Labute approximate surface area is 126 Å². The molecule has 1 aliphatic heterocycles. The normalized spacial score (nSPS) is 29.9. The Morgan fingerprint density at radius 1 is 1.33 bits per heavy atom. The van der Waals surface area contributed by atoms with Gasteiger partial charge in [0.25, 0.3) is 0 Å². The second-order valence-electron chi connectivity index (χ2n) is 6.60. The van der Waals surface area contributed by atoms with Crippen molar-refractivity contribution in [1.29, 1.82) is 5.41 Å². The van der Waals surface area contributed by atoms with Crippen molar-refractivity contribution in [3.8, 4) is 0 Å². The molecule has 0 aromatic heterocycles. The molecule has 1 aromatic carbocycles. The summed E-state index contributed by atoms with van der Waals surface area (Å²) < 4.78 is 0. The molecule has 0 amide bonds. The lowest BCUT2D eigenvalue weighted by molar-refractivity contribution is -0.0967. The molecule has 0 spiro atoms. The van der Waals surface area contributed by atoms with Gasteiger partial charge in [-0.25, -0.2) is 0 Å². The lowest BCUT2D eigenvalue weighted by Gasteiger charge is -2.47. The SMILES string of the molecule is N=C(N)c1ccccc1CN1CCC2(O)CCCCC2C1. The summed E-state index contributed by atoms with van der Waals surface area (Å²) in [6.07, 6.45) is 5.39. The summed E-state index contributed by atoms with van der Waals surface area (Å²) in [4.78, 5) is 2.41. The quantitative estimate of drug-likeness (QED) is 0.589. The summed E-state index contributed by atoms with van der Waals surface area (Å²) in [7, 11) is 0. The minimum Gasteiger partial charge on any atom is -0.390 e. The van der Waals surface area contributed by atoms with Crippen molar-refractivity contribution in [3.05, 3.63) is 35.4 Å². The molecular formula is C17H25N3O. The van der Waals surface area contributed by atoms with Crippen LogP contribution in [0.25, 0.3) is 0 Å². The molecular weight excluding hydrogens is 262 g/mol. The number of fused-ring (bicyclic) bond motifs is 1. The van der Waals surface area contributed by atoms with Crippen LogP contribution in [0.3, 0.4) is 0 Å². The first-order valence-corrected chi connectivity index (χ1v) is 7.95. The van der Waals surface area contributed by atoms with Crippen LogP contribution >= 0.6 is 0 Å².